The van der Waals surface area contributed by atoms with E-state index in [4.69, 9.17) is 33.1 Å². The van der Waals surface area contributed by atoms with E-state index in [1.807, 2.05) is 34.6 Å². The predicted molar refractivity (Wildman–Crippen MR) is 257 cm³/mol. The van der Waals surface area contributed by atoms with Crippen LogP contribution in [0.25, 0.3) is 33.0 Å². The Morgan fingerprint density at radius 1 is 1.00 bits per heavy atom. The Labute approximate surface area is 392 Å². The molecule has 1 amide bonds. The van der Waals surface area contributed by atoms with Crippen LogP contribution in [0.1, 0.15) is 91.6 Å². The number of ether oxygens (including phenoxy) is 5. The number of anilines is 1. The molecule has 2 aliphatic rings. The maximum atomic E-state index is 14.8. The molecule has 0 saturated heterocycles. The van der Waals surface area contributed by atoms with Crippen LogP contribution in [0.15, 0.2) is 63.6 Å². The second kappa shape index (κ2) is 19.8. The summed E-state index contributed by atoms with van der Waals surface area (Å²) < 4.78 is 37.7. The van der Waals surface area contributed by atoms with Gasteiger partial charge < -0.3 is 48.1 Å². The van der Waals surface area contributed by atoms with Crippen LogP contribution in [0.5, 0.6) is 17.2 Å². The molecule has 362 valence electrons. The summed E-state index contributed by atoms with van der Waals surface area (Å²) in [6.07, 6.45) is 6.57. The van der Waals surface area contributed by atoms with Crippen molar-refractivity contribution in [2.75, 3.05) is 39.7 Å². The number of hydrogen-bond acceptors (Lipinski definition) is 13. The zero-order valence-corrected chi connectivity index (χ0v) is 41.3. The molecule has 4 aromatic rings. The SMILES string of the molecule is CO[C@H]1/C=C/O[C@@]2(C)Oc3c(C)c(=O)c4c(O)c(c5oc6cc(OCCC[N+](C)(C)C(C)C)ccc6nc5c4c3C2=O)NC(=O)/C(C)=C\C=C\[C@H](C)[C@H](O)[C@@H](C)[C@@H](C)[C@@H](C)[C@H](OC(C)=O)[C@@H]1C. The number of aliphatic hydroxyl groups excluding tert-OH is 1. The quantitative estimate of drug-likeness (QED) is 0.0381. The number of ketones is 1. The average molecular weight is 927 g/mol. The summed E-state index contributed by atoms with van der Waals surface area (Å²) in [7, 11) is 5.86. The number of quaternary nitrogens is 1. The van der Waals surface area contributed by atoms with E-state index >= 15 is 0 Å². The topological polar surface area (TPSA) is 193 Å². The van der Waals surface area contributed by atoms with Crippen LogP contribution in [0, 0.1) is 36.5 Å². The molecule has 2 aliphatic heterocycles. The molecule has 0 saturated carbocycles. The minimum atomic E-state index is -2.01. The van der Waals surface area contributed by atoms with Crippen molar-refractivity contribution < 1.29 is 57.2 Å². The van der Waals surface area contributed by atoms with E-state index < -0.39 is 58.9 Å². The first-order chi connectivity index (χ1) is 31.4. The van der Waals surface area contributed by atoms with Gasteiger partial charge in [-0.3, -0.25) is 19.2 Å². The number of benzene rings is 3. The van der Waals surface area contributed by atoms with Crippen molar-refractivity contribution in [3.8, 4) is 17.2 Å². The van der Waals surface area contributed by atoms with E-state index in [0.717, 1.165) is 17.4 Å². The Bertz CT molecular complexity index is 2720. The lowest BCUT2D eigenvalue weighted by Crippen LogP contribution is -2.46. The Morgan fingerprint density at radius 2 is 1.70 bits per heavy atom. The van der Waals surface area contributed by atoms with E-state index in [2.05, 4.69) is 33.3 Å². The molecule has 67 heavy (non-hydrogen) atoms. The largest absolute Gasteiger partial charge is 0.505 e. The molecule has 0 radical (unpaired) electrons. The minimum absolute atomic E-state index is 0.00379. The third-order valence-electron chi connectivity index (χ3n) is 14.4. The molecular weight excluding hydrogens is 859 g/mol. The molecule has 15 nitrogen and oxygen atoms in total. The molecule has 1 aromatic heterocycles. The molecule has 6 rings (SSSR count). The van der Waals surface area contributed by atoms with Crippen LogP contribution < -0.4 is 20.2 Å². The van der Waals surface area contributed by atoms with Gasteiger partial charge in [0, 0.05) is 61.8 Å². The summed E-state index contributed by atoms with van der Waals surface area (Å²) in [5.41, 5.74) is -0.252. The number of nitrogens with zero attached hydrogens (tertiary/aromatic N) is 2. The molecule has 0 aliphatic carbocycles. The Balaban J connectivity index is 1.54. The van der Waals surface area contributed by atoms with Crippen LogP contribution in [-0.4, -0.2) is 102 Å². The standard InChI is InChI=1S/C52H67N3O12/c1-26(2)55(12,13)22-16-23-63-35-19-20-36-38(25-35)66-49-42(53-36)39-40-45(58)33(9)48-41(39)50(60)52(11,67-48)64-24-21-37(62-14)32(8)47(65-34(10)56)31(7)29(5)30(6)44(57)27(3)17-15-18-28(4)51(61)54-43(49)46(40)59/h15,17-21,24-27,29-32,37,44,47,57H,16,22-23H2,1-14H3,(H-,53,54,58,59,60,61)/p+1/b17-15+,24-21+,28-18-/t27-,29+,30-,31+,32+,37-,44-,47-,52-/m0/s1. The van der Waals surface area contributed by atoms with Gasteiger partial charge in [-0.25, -0.2) is 4.98 Å². The lowest BCUT2D eigenvalue weighted by molar-refractivity contribution is -0.911. The number of carbonyl (C=O) groups excluding carboxylic acids is 3. The number of phenolic OH excluding ortho intramolecular Hbond substituents is 1. The number of methoxy groups -OCH3 is 1. The lowest BCUT2D eigenvalue weighted by Gasteiger charge is -2.39. The molecule has 3 N–H and O–H groups in total. The van der Waals surface area contributed by atoms with Crippen molar-refractivity contribution in [2.45, 2.75) is 113 Å². The van der Waals surface area contributed by atoms with Gasteiger partial charge in [0.05, 0.1) is 62.7 Å². The van der Waals surface area contributed by atoms with Crippen LogP contribution in [-0.2, 0) is 23.8 Å². The number of aromatic hydroxyl groups is 1. The van der Waals surface area contributed by atoms with E-state index in [-0.39, 0.29) is 79.3 Å². The summed E-state index contributed by atoms with van der Waals surface area (Å²) in [5, 5.41) is 26.2. The van der Waals surface area contributed by atoms with Crippen molar-refractivity contribution in [2.24, 2.45) is 29.6 Å². The first kappa shape index (κ1) is 50.6. The third kappa shape index (κ3) is 9.95. The third-order valence-corrected chi connectivity index (χ3v) is 14.4. The monoisotopic (exact) mass is 926 g/mol. The lowest BCUT2D eigenvalue weighted by atomic mass is 9.73. The van der Waals surface area contributed by atoms with Crippen LogP contribution in [0.4, 0.5) is 5.69 Å². The van der Waals surface area contributed by atoms with Crippen molar-refractivity contribution in [1.29, 1.82) is 0 Å². The number of rotatable bonds is 8. The molecule has 4 bridgehead atoms. The zero-order valence-electron chi connectivity index (χ0n) is 41.3. The molecule has 15 heteroatoms. The van der Waals surface area contributed by atoms with E-state index in [0.29, 0.717) is 23.9 Å². The molecule has 0 unspecified atom stereocenters. The Morgan fingerprint density at radius 3 is 2.36 bits per heavy atom. The van der Waals surface area contributed by atoms with Gasteiger partial charge in [-0.2, -0.15) is 0 Å². The molecular formula is C52H68N3O12+. The number of nitrogens with one attached hydrogen (secondary N) is 1. The highest BCUT2D eigenvalue weighted by molar-refractivity contribution is 6.26. The number of Topliss-reactive ketones (excluding diaryl/α,β-unsaturated/α-hetero) is 1. The number of amides is 1. The van der Waals surface area contributed by atoms with Gasteiger partial charge in [-0.05, 0) is 63.7 Å². The van der Waals surface area contributed by atoms with E-state index in [1.54, 1.807) is 49.4 Å². The number of esters is 1. The maximum Gasteiger partial charge on any atom is 0.312 e. The predicted octanol–water partition coefficient (Wildman–Crippen LogP) is 8.53. The number of aliphatic hydroxyl groups is 1. The summed E-state index contributed by atoms with van der Waals surface area (Å²) >= 11 is 0. The minimum Gasteiger partial charge on any atom is -0.505 e. The number of aromatic nitrogens is 1. The fraction of sp³-hybridized carbons (Fsp3) is 0.519. The fourth-order valence-corrected chi connectivity index (χ4v) is 9.01. The van der Waals surface area contributed by atoms with Crippen LogP contribution in [0.2, 0.25) is 0 Å². The first-order valence-electron chi connectivity index (χ1n) is 23.1. The molecule has 0 fully saturated rings. The van der Waals surface area contributed by atoms with Crippen LogP contribution >= 0.6 is 0 Å². The highest BCUT2D eigenvalue weighted by atomic mass is 16.7. The first-order valence-corrected chi connectivity index (χ1v) is 23.1. The average Bonchev–Trinajstić information content (AvgIpc) is 3.55. The normalized spacial score (nSPS) is 28.3. The van der Waals surface area contributed by atoms with Gasteiger partial charge in [0.25, 0.3) is 11.7 Å². The van der Waals surface area contributed by atoms with Gasteiger partial charge >= 0.3 is 11.8 Å². The number of phenols is 1. The molecule has 9 atom stereocenters. The van der Waals surface area contributed by atoms with Gasteiger partial charge in [0.15, 0.2) is 22.3 Å². The number of fused-ring (bicyclic) bond motifs is 2. The van der Waals surface area contributed by atoms with E-state index in [9.17, 15) is 29.4 Å². The smallest absolute Gasteiger partial charge is 0.312 e. The Hall–Kier alpha value is -5.77. The fourth-order valence-electron chi connectivity index (χ4n) is 9.01. The summed E-state index contributed by atoms with van der Waals surface area (Å²) in [6.45, 7) is 21.2. The van der Waals surface area contributed by atoms with E-state index in [1.165, 1.54) is 34.1 Å². The molecule has 3 heterocycles. The summed E-state index contributed by atoms with van der Waals surface area (Å²) in [6, 6.07) is 5.54. The van der Waals surface area contributed by atoms with Crippen molar-refractivity contribution >= 4 is 56.3 Å². The zero-order chi connectivity index (χ0) is 49.4. The second-order valence-corrected chi connectivity index (χ2v) is 19.5. The molecule has 0 spiro atoms. The van der Waals surface area contributed by atoms with Crippen LogP contribution in [0.3, 0.4) is 0 Å². The summed E-state index contributed by atoms with van der Waals surface area (Å²) in [4.78, 5) is 60.7. The molecule has 3 aromatic carbocycles. The van der Waals surface area contributed by atoms with Crippen molar-refractivity contribution in [3.05, 3.63) is 75.7 Å². The van der Waals surface area contributed by atoms with Gasteiger partial charge in [-0.1, -0.05) is 52.8 Å². The highest BCUT2D eigenvalue weighted by Gasteiger charge is 2.49. The highest BCUT2D eigenvalue weighted by Crippen LogP contribution is 2.48. The van der Waals surface area contributed by atoms with Crippen molar-refractivity contribution in [3.63, 3.8) is 0 Å². The van der Waals surface area contributed by atoms with Gasteiger partial charge in [0.2, 0.25) is 0 Å². The number of hydrogen-bond donors (Lipinski definition) is 3. The van der Waals surface area contributed by atoms with Crippen molar-refractivity contribution in [1.82, 2.24) is 4.98 Å². The Kier molecular flexibility index (Phi) is 15.0. The number of carbonyl (C=O) groups is 3. The van der Waals surface area contributed by atoms with Gasteiger partial charge in [0.1, 0.15) is 34.3 Å². The van der Waals surface area contributed by atoms with Gasteiger partial charge in [-0.15, -0.1) is 0 Å². The second-order valence-electron chi connectivity index (χ2n) is 19.5. The number of allylic oxidation sites excluding steroid dienone is 2. The summed E-state index contributed by atoms with van der Waals surface area (Å²) in [5.74, 6) is -5.42. The maximum absolute atomic E-state index is 14.8.